The largest absolute Gasteiger partial charge is 0.456 e. The smallest absolute Gasteiger partial charge is 0.164 e. The summed E-state index contributed by atoms with van der Waals surface area (Å²) in [5.41, 5.74) is 5.76. The van der Waals surface area contributed by atoms with E-state index in [2.05, 4.69) is 68.5 Å². The van der Waals surface area contributed by atoms with Gasteiger partial charge in [-0.25, -0.2) is 15.0 Å². The Kier molecular flexibility index (Phi) is 4.67. The summed E-state index contributed by atoms with van der Waals surface area (Å²) < 4.78 is 6.20. The monoisotopic (exact) mass is 461 g/mol. The number of hydrogen-bond donors (Lipinski definition) is 0. The van der Waals surface area contributed by atoms with Gasteiger partial charge in [0.15, 0.2) is 17.5 Å². The van der Waals surface area contributed by atoms with Gasteiger partial charge in [0.2, 0.25) is 0 Å². The van der Waals surface area contributed by atoms with Gasteiger partial charge in [0.05, 0.1) is 0 Å². The van der Waals surface area contributed by atoms with E-state index in [-0.39, 0.29) is 0 Å². The number of benzene rings is 5. The molecule has 5 aromatic carbocycles. The van der Waals surface area contributed by atoms with Crippen LogP contribution in [0.25, 0.3) is 66.9 Å². The van der Waals surface area contributed by atoms with Gasteiger partial charge in [-0.05, 0) is 41.1 Å². The Labute approximate surface area is 208 Å². The second-order valence-corrected chi connectivity index (χ2v) is 9.05. The lowest BCUT2D eigenvalue weighted by Gasteiger charge is -2.08. The molecule has 0 aliphatic heterocycles. The van der Waals surface area contributed by atoms with Crippen molar-refractivity contribution >= 4 is 46.0 Å². The molecular weight excluding hydrogens is 441 g/mol. The zero-order valence-corrected chi connectivity index (χ0v) is 19.6. The van der Waals surface area contributed by atoms with E-state index < -0.39 is 0 Å². The maximum Gasteiger partial charge on any atom is 0.164 e. The van der Waals surface area contributed by atoms with E-state index in [9.17, 15) is 0 Å². The predicted molar refractivity (Wildman–Crippen MR) is 149 cm³/mol. The lowest BCUT2D eigenvalue weighted by molar-refractivity contribution is 0.669. The standard InChI is InChI=1S/C31H20BN3O/c32-24-13-10-20(11-14-24)30-33-29(19-6-2-1-3-7-19)34-31(35-30)23-12-15-27-25(17-23)26-16-21-8-4-5-9-22(21)18-28(26)36-27/h1-18H,32H2. The van der Waals surface area contributed by atoms with Crippen LogP contribution in [-0.2, 0) is 0 Å². The number of hydrogen-bond acceptors (Lipinski definition) is 4. The molecule has 5 heteroatoms. The van der Waals surface area contributed by atoms with E-state index in [1.807, 2.05) is 48.5 Å². The molecule has 0 fully saturated rings. The van der Waals surface area contributed by atoms with Crippen molar-refractivity contribution in [2.24, 2.45) is 0 Å². The van der Waals surface area contributed by atoms with Gasteiger partial charge in [0, 0.05) is 27.5 Å². The highest BCUT2D eigenvalue weighted by Crippen LogP contribution is 2.35. The number of furan rings is 1. The molecule has 7 aromatic rings. The number of fused-ring (bicyclic) bond motifs is 4. The molecule has 7 rings (SSSR count). The van der Waals surface area contributed by atoms with Gasteiger partial charge in [-0.15, -0.1) is 0 Å². The summed E-state index contributed by atoms with van der Waals surface area (Å²) >= 11 is 0. The van der Waals surface area contributed by atoms with Crippen molar-refractivity contribution in [3.8, 4) is 34.2 Å². The van der Waals surface area contributed by atoms with Crippen molar-refractivity contribution in [3.63, 3.8) is 0 Å². The zero-order chi connectivity index (χ0) is 24.1. The fraction of sp³-hybridized carbons (Fsp3) is 0. The van der Waals surface area contributed by atoms with Gasteiger partial charge in [-0.1, -0.05) is 84.3 Å². The van der Waals surface area contributed by atoms with E-state index >= 15 is 0 Å². The molecule has 0 spiro atoms. The van der Waals surface area contributed by atoms with Crippen LogP contribution in [0.1, 0.15) is 0 Å². The molecule has 4 nitrogen and oxygen atoms in total. The molecule has 0 aliphatic carbocycles. The van der Waals surface area contributed by atoms with E-state index in [0.717, 1.165) is 44.0 Å². The minimum Gasteiger partial charge on any atom is -0.456 e. The van der Waals surface area contributed by atoms with Crippen LogP contribution in [0.4, 0.5) is 0 Å². The van der Waals surface area contributed by atoms with Crippen LogP contribution >= 0.6 is 0 Å². The van der Waals surface area contributed by atoms with Crippen molar-refractivity contribution in [1.82, 2.24) is 15.0 Å². The van der Waals surface area contributed by atoms with Crippen molar-refractivity contribution < 1.29 is 4.42 Å². The topological polar surface area (TPSA) is 51.8 Å². The van der Waals surface area contributed by atoms with E-state index in [4.69, 9.17) is 19.4 Å². The van der Waals surface area contributed by atoms with Crippen molar-refractivity contribution in [3.05, 3.63) is 109 Å². The van der Waals surface area contributed by atoms with Crippen LogP contribution < -0.4 is 5.46 Å². The number of aromatic nitrogens is 3. The summed E-state index contributed by atoms with van der Waals surface area (Å²) in [5.74, 6) is 1.94. The first-order chi connectivity index (χ1) is 17.7. The van der Waals surface area contributed by atoms with Crippen LogP contribution in [0.15, 0.2) is 114 Å². The third-order valence-corrected chi connectivity index (χ3v) is 6.57. The fourth-order valence-corrected chi connectivity index (χ4v) is 4.65. The third-order valence-electron chi connectivity index (χ3n) is 6.57. The lowest BCUT2D eigenvalue weighted by Crippen LogP contribution is -2.03. The molecule has 2 heterocycles. The van der Waals surface area contributed by atoms with E-state index in [1.165, 1.54) is 10.8 Å². The summed E-state index contributed by atoms with van der Waals surface area (Å²) in [6, 6.07) is 37.1. The maximum atomic E-state index is 6.20. The Balaban J connectivity index is 1.44. The Bertz CT molecular complexity index is 1890. The Morgan fingerprint density at radius 3 is 1.75 bits per heavy atom. The lowest BCUT2D eigenvalue weighted by atomic mass is 9.95. The highest BCUT2D eigenvalue weighted by Gasteiger charge is 2.15. The zero-order valence-electron chi connectivity index (χ0n) is 19.6. The molecule has 2 aromatic heterocycles. The first-order valence-electron chi connectivity index (χ1n) is 12.0. The molecule has 0 unspecified atom stereocenters. The maximum absolute atomic E-state index is 6.20. The van der Waals surface area contributed by atoms with Crippen LogP contribution in [0.2, 0.25) is 0 Å². The quantitative estimate of drug-likeness (QED) is 0.295. The molecule has 0 aliphatic rings. The third kappa shape index (κ3) is 3.53. The molecular formula is C31H20BN3O. The number of rotatable bonds is 3. The highest BCUT2D eigenvalue weighted by atomic mass is 16.3. The first-order valence-corrected chi connectivity index (χ1v) is 12.0. The van der Waals surface area contributed by atoms with Crippen molar-refractivity contribution in [2.45, 2.75) is 0 Å². The molecule has 0 N–H and O–H groups in total. The van der Waals surface area contributed by atoms with Gasteiger partial charge < -0.3 is 4.42 Å². The summed E-state index contributed by atoms with van der Waals surface area (Å²) in [4.78, 5) is 14.6. The highest BCUT2D eigenvalue weighted by molar-refractivity contribution is 6.32. The summed E-state index contributed by atoms with van der Waals surface area (Å²) in [7, 11) is 2.08. The number of nitrogens with zero attached hydrogens (tertiary/aromatic N) is 3. The normalized spacial score (nSPS) is 11.4. The Hall–Kier alpha value is -4.77. The summed E-state index contributed by atoms with van der Waals surface area (Å²) in [6.07, 6.45) is 0. The van der Waals surface area contributed by atoms with Crippen LogP contribution in [0, 0.1) is 0 Å². The molecule has 0 radical (unpaired) electrons. The summed E-state index contributed by atoms with van der Waals surface area (Å²) in [5, 5.41) is 4.48. The molecule has 0 saturated heterocycles. The van der Waals surface area contributed by atoms with Crippen molar-refractivity contribution in [2.75, 3.05) is 0 Å². The van der Waals surface area contributed by atoms with Gasteiger partial charge in [0.25, 0.3) is 0 Å². The second-order valence-electron chi connectivity index (χ2n) is 9.05. The van der Waals surface area contributed by atoms with Gasteiger partial charge in [-0.2, -0.15) is 0 Å². The van der Waals surface area contributed by atoms with Crippen LogP contribution in [0.3, 0.4) is 0 Å². The Morgan fingerprint density at radius 2 is 1.03 bits per heavy atom. The second kappa shape index (κ2) is 8.17. The average Bonchev–Trinajstić information content (AvgIpc) is 3.29. The van der Waals surface area contributed by atoms with Gasteiger partial charge in [-0.3, -0.25) is 0 Å². The fourth-order valence-electron chi connectivity index (χ4n) is 4.65. The Morgan fingerprint density at radius 1 is 0.472 bits per heavy atom. The first kappa shape index (κ1) is 20.6. The molecule has 0 amide bonds. The minimum absolute atomic E-state index is 0.636. The van der Waals surface area contributed by atoms with Gasteiger partial charge >= 0.3 is 0 Å². The molecule has 168 valence electrons. The molecule has 36 heavy (non-hydrogen) atoms. The SMILES string of the molecule is Bc1ccc(-c2nc(-c3ccccc3)nc(-c3ccc4oc5cc6ccccc6cc5c4c3)n2)cc1. The summed E-state index contributed by atoms with van der Waals surface area (Å²) in [6.45, 7) is 0. The van der Waals surface area contributed by atoms with E-state index in [1.54, 1.807) is 0 Å². The van der Waals surface area contributed by atoms with Gasteiger partial charge in [0.1, 0.15) is 19.0 Å². The predicted octanol–water partition coefficient (Wildman–Crippen LogP) is 6.18. The average molecular weight is 461 g/mol. The molecule has 0 bridgehead atoms. The molecule has 0 saturated carbocycles. The van der Waals surface area contributed by atoms with Crippen LogP contribution in [0.5, 0.6) is 0 Å². The minimum atomic E-state index is 0.636. The molecule has 0 atom stereocenters. The van der Waals surface area contributed by atoms with Crippen LogP contribution in [-0.4, -0.2) is 22.8 Å². The van der Waals surface area contributed by atoms with E-state index in [0.29, 0.717) is 17.5 Å². The van der Waals surface area contributed by atoms with Crippen molar-refractivity contribution in [1.29, 1.82) is 0 Å².